The smallest absolute Gasteiger partial charge is 0.229 e. The first kappa shape index (κ1) is 16.1. The Morgan fingerprint density at radius 2 is 2.08 bits per heavy atom. The number of carbonyl (C=O) groups excluding carboxylic acids is 1. The van der Waals surface area contributed by atoms with Crippen LogP contribution in [-0.2, 0) is 11.2 Å². The Bertz CT molecular complexity index is 587. The molecule has 1 heterocycles. The molecule has 1 amide bonds. The van der Waals surface area contributed by atoms with Gasteiger partial charge >= 0.3 is 0 Å². The van der Waals surface area contributed by atoms with Crippen LogP contribution in [0.1, 0.15) is 44.1 Å². The quantitative estimate of drug-likeness (QED) is 0.921. The first-order chi connectivity index (χ1) is 11.7. The summed E-state index contributed by atoms with van der Waals surface area (Å²) in [4.78, 5) is 15.9. The van der Waals surface area contributed by atoms with E-state index in [2.05, 4.69) is 40.5 Å². The van der Waals surface area contributed by atoms with Gasteiger partial charge < -0.3 is 10.2 Å². The van der Waals surface area contributed by atoms with E-state index in [9.17, 15) is 4.79 Å². The molecule has 1 N–H and O–H groups in total. The Labute approximate surface area is 145 Å². The molecule has 3 heteroatoms. The van der Waals surface area contributed by atoms with E-state index in [0.29, 0.717) is 17.9 Å². The largest absolute Gasteiger partial charge is 0.341 e. The van der Waals surface area contributed by atoms with Gasteiger partial charge in [-0.2, -0.15) is 0 Å². The summed E-state index contributed by atoms with van der Waals surface area (Å²) in [6, 6.07) is 11.2. The Kier molecular flexibility index (Phi) is 4.38. The van der Waals surface area contributed by atoms with Crippen LogP contribution in [0.3, 0.4) is 0 Å². The van der Waals surface area contributed by atoms with Gasteiger partial charge in [-0.15, -0.1) is 0 Å². The van der Waals surface area contributed by atoms with Crippen molar-refractivity contribution >= 4 is 5.91 Å². The van der Waals surface area contributed by atoms with Gasteiger partial charge in [-0.25, -0.2) is 0 Å². The van der Waals surface area contributed by atoms with Gasteiger partial charge in [0.25, 0.3) is 0 Å². The van der Waals surface area contributed by atoms with E-state index in [1.165, 1.54) is 31.2 Å². The molecule has 4 rings (SSSR count). The molecule has 1 aromatic rings. The summed E-state index contributed by atoms with van der Waals surface area (Å²) in [5.41, 5.74) is 1.21. The number of likely N-dealkylation sites (tertiary alicyclic amines) is 1. The van der Waals surface area contributed by atoms with Crippen molar-refractivity contribution in [2.75, 3.05) is 20.1 Å². The number of benzene rings is 1. The zero-order valence-electron chi connectivity index (χ0n) is 14.8. The fourth-order valence-corrected chi connectivity index (χ4v) is 5.67. The monoisotopic (exact) mass is 326 g/mol. The van der Waals surface area contributed by atoms with E-state index in [4.69, 9.17) is 0 Å². The van der Waals surface area contributed by atoms with Crippen LogP contribution in [0.4, 0.5) is 0 Å². The summed E-state index contributed by atoms with van der Waals surface area (Å²) >= 11 is 0. The summed E-state index contributed by atoms with van der Waals surface area (Å²) in [5, 5.41) is 3.38. The number of likely N-dealkylation sites (N-methyl/N-ethyl adjacent to an activating group) is 1. The fraction of sp³-hybridized carbons (Fsp3) is 0.667. The predicted molar refractivity (Wildman–Crippen MR) is 96.7 cm³/mol. The van der Waals surface area contributed by atoms with Crippen LogP contribution in [-0.4, -0.2) is 37.0 Å². The number of hydrogen-bond donors (Lipinski definition) is 1. The molecule has 3 aliphatic rings. The minimum absolute atomic E-state index is 0.125. The second kappa shape index (κ2) is 6.51. The number of piperidine rings is 1. The lowest BCUT2D eigenvalue weighted by Crippen LogP contribution is -2.54. The highest BCUT2D eigenvalue weighted by atomic mass is 16.2. The molecule has 3 nitrogen and oxygen atoms in total. The molecule has 1 aliphatic heterocycles. The summed E-state index contributed by atoms with van der Waals surface area (Å²) in [7, 11) is 2.02. The summed E-state index contributed by atoms with van der Waals surface area (Å²) in [5.74, 6) is 1.84. The minimum Gasteiger partial charge on any atom is -0.341 e. The van der Waals surface area contributed by atoms with E-state index in [1.54, 1.807) is 0 Å². The Morgan fingerprint density at radius 1 is 1.25 bits per heavy atom. The Morgan fingerprint density at radius 3 is 2.75 bits per heavy atom. The lowest BCUT2D eigenvalue weighted by Gasteiger charge is -2.43. The van der Waals surface area contributed by atoms with Crippen LogP contribution in [0.25, 0.3) is 0 Å². The van der Waals surface area contributed by atoms with Gasteiger partial charge in [0, 0.05) is 19.1 Å². The van der Waals surface area contributed by atoms with Crippen molar-refractivity contribution in [3.05, 3.63) is 35.9 Å². The third-order valence-electron chi connectivity index (χ3n) is 6.88. The molecule has 4 unspecified atom stereocenters. The Balaban J connectivity index is 1.60. The molecule has 2 bridgehead atoms. The molecule has 130 valence electrons. The summed E-state index contributed by atoms with van der Waals surface area (Å²) < 4.78 is 0. The van der Waals surface area contributed by atoms with Crippen molar-refractivity contribution in [1.82, 2.24) is 10.2 Å². The molecule has 1 saturated heterocycles. The Hall–Kier alpha value is -1.35. The van der Waals surface area contributed by atoms with Gasteiger partial charge in [0.2, 0.25) is 5.91 Å². The van der Waals surface area contributed by atoms with Crippen molar-refractivity contribution in [3.8, 4) is 0 Å². The van der Waals surface area contributed by atoms with Gasteiger partial charge in [-0.1, -0.05) is 36.8 Å². The summed E-state index contributed by atoms with van der Waals surface area (Å²) in [6.07, 6.45) is 8.26. The third kappa shape index (κ3) is 2.77. The molecule has 1 aromatic carbocycles. The standard InChI is InChI=1S/C21H30N2O/c1-22-19-8-5-11-23(15-19)20(24)21(13-16-6-3-2-4-7-16)14-17-9-10-18(21)12-17/h2-4,6-7,17-19,22H,5,8-15H2,1H3. The first-order valence-corrected chi connectivity index (χ1v) is 9.72. The number of fused-ring (bicyclic) bond motifs is 2. The highest BCUT2D eigenvalue weighted by Crippen LogP contribution is 2.58. The number of hydrogen-bond acceptors (Lipinski definition) is 2. The van der Waals surface area contributed by atoms with E-state index >= 15 is 0 Å². The number of nitrogens with one attached hydrogen (secondary N) is 1. The molecule has 0 spiro atoms. The average Bonchev–Trinajstić information content (AvgIpc) is 3.23. The van der Waals surface area contributed by atoms with Crippen LogP contribution in [0.5, 0.6) is 0 Å². The molecule has 4 atom stereocenters. The van der Waals surface area contributed by atoms with E-state index in [0.717, 1.165) is 38.3 Å². The lowest BCUT2D eigenvalue weighted by atomic mass is 9.68. The van der Waals surface area contributed by atoms with Gasteiger partial charge in [0.15, 0.2) is 0 Å². The van der Waals surface area contributed by atoms with Gasteiger partial charge in [-0.05, 0) is 63.0 Å². The first-order valence-electron chi connectivity index (χ1n) is 9.72. The minimum atomic E-state index is -0.125. The van der Waals surface area contributed by atoms with Crippen molar-refractivity contribution in [2.24, 2.45) is 17.3 Å². The van der Waals surface area contributed by atoms with E-state index < -0.39 is 0 Å². The van der Waals surface area contributed by atoms with Crippen LogP contribution >= 0.6 is 0 Å². The highest BCUT2D eigenvalue weighted by Gasteiger charge is 2.56. The van der Waals surface area contributed by atoms with Gasteiger partial charge in [0.05, 0.1) is 5.41 Å². The maximum atomic E-state index is 13.7. The molecule has 0 radical (unpaired) electrons. The average molecular weight is 326 g/mol. The zero-order valence-corrected chi connectivity index (χ0v) is 14.8. The number of carbonyl (C=O) groups is 1. The van der Waals surface area contributed by atoms with Crippen LogP contribution < -0.4 is 5.32 Å². The molecule has 2 saturated carbocycles. The molecular formula is C21H30N2O. The van der Waals surface area contributed by atoms with Crippen LogP contribution in [0.2, 0.25) is 0 Å². The number of rotatable bonds is 4. The number of amides is 1. The molecule has 24 heavy (non-hydrogen) atoms. The van der Waals surface area contributed by atoms with Crippen molar-refractivity contribution in [2.45, 2.75) is 51.0 Å². The van der Waals surface area contributed by atoms with Crippen LogP contribution in [0, 0.1) is 17.3 Å². The SMILES string of the molecule is CNC1CCCN(C(=O)C2(Cc3ccccc3)CC3CCC2C3)C1. The van der Waals surface area contributed by atoms with Gasteiger partial charge in [-0.3, -0.25) is 4.79 Å². The zero-order chi connectivity index (χ0) is 16.6. The molecule has 0 aromatic heterocycles. The maximum Gasteiger partial charge on any atom is 0.229 e. The van der Waals surface area contributed by atoms with Gasteiger partial charge in [0.1, 0.15) is 0 Å². The maximum absolute atomic E-state index is 13.7. The van der Waals surface area contributed by atoms with E-state index in [-0.39, 0.29) is 5.41 Å². The lowest BCUT2D eigenvalue weighted by molar-refractivity contribution is -0.147. The molecule has 3 fully saturated rings. The third-order valence-corrected chi connectivity index (χ3v) is 6.88. The van der Waals surface area contributed by atoms with E-state index in [1.807, 2.05) is 7.05 Å². The normalized spacial score (nSPS) is 35.4. The highest BCUT2D eigenvalue weighted by molar-refractivity contribution is 5.84. The van der Waals surface area contributed by atoms with Crippen molar-refractivity contribution < 1.29 is 4.79 Å². The topological polar surface area (TPSA) is 32.3 Å². The predicted octanol–water partition coefficient (Wildman–Crippen LogP) is 3.25. The summed E-state index contributed by atoms with van der Waals surface area (Å²) in [6.45, 7) is 1.84. The molecule has 2 aliphatic carbocycles. The van der Waals surface area contributed by atoms with Crippen molar-refractivity contribution in [3.63, 3.8) is 0 Å². The second-order valence-electron chi connectivity index (χ2n) is 8.28. The molecular weight excluding hydrogens is 296 g/mol. The second-order valence-corrected chi connectivity index (χ2v) is 8.28. The van der Waals surface area contributed by atoms with Crippen molar-refractivity contribution in [1.29, 1.82) is 0 Å². The number of nitrogens with zero attached hydrogens (tertiary/aromatic N) is 1. The fourth-order valence-electron chi connectivity index (χ4n) is 5.67. The van der Waals surface area contributed by atoms with Crippen LogP contribution in [0.15, 0.2) is 30.3 Å².